The lowest BCUT2D eigenvalue weighted by Crippen LogP contribution is -2.11. The molecule has 2 aromatic rings. The average Bonchev–Trinajstić information content (AvgIpc) is 2.53. The maximum absolute atomic E-state index is 10.8. The van der Waals surface area contributed by atoms with Crippen LogP contribution in [0.5, 0.6) is 11.5 Å². The molecule has 0 N–H and O–H groups in total. The zero-order valence-corrected chi connectivity index (χ0v) is 16.6. The number of aliphatic imine (C=N–C) groups is 2. The molecule has 0 spiro atoms. The molecule has 0 saturated heterocycles. The summed E-state index contributed by atoms with van der Waals surface area (Å²) >= 11 is 0. The molecule has 0 radical (unpaired) electrons. The SMILES string of the molecule is CC(C)(C)c1ccc(Oc2ccc(C(C)(C)C)c(N=C=O)c2)cc1N=C=O. The van der Waals surface area contributed by atoms with E-state index in [0.29, 0.717) is 22.9 Å². The van der Waals surface area contributed by atoms with Crippen molar-refractivity contribution in [1.82, 2.24) is 0 Å². The molecule has 140 valence electrons. The van der Waals surface area contributed by atoms with Gasteiger partial charge in [0.2, 0.25) is 12.2 Å². The van der Waals surface area contributed by atoms with Gasteiger partial charge in [0.15, 0.2) is 0 Å². The minimum absolute atomic E-state index is 0.172. The van der Waals surface area contributed by atoms with E-state index in [1.54, 1.807) is 24.3 Å². The second kappa shape index (κ2) is 7.71. The van der Waals surface area contributed by atoms with E-state index in [1.807, 2.05) is 65.8 Å². The van der Waals surface area contributed by atoms with Crippen molar-refractivity contribution in [2.24, 2.45) is 9.98 Å². The van der Waals surface area contributed by atoms with Crippen molar-refractivity contribution in [2.45, 2.75) is 52.4 Å². The van der Waals surface area contributed by atoms with Gasteiger partial charge in [-0.15, -0.1) is 0 Å². The van der Waals surface area contributed by atoms with Gasteiger partial charge < -0.3 is 4.74 Å². The van der Waals surface area contributed by atoms with E-state index in [4.69, 9.17) is 4.74 Å². The minimum atomic E-state index is -0.172. The van der Waals surface area contributed by atoms with Gasteiger partial charge in [-0.1, -0.05) is 53.7 Å². The van der Waals surface area contributed by atoms with Crippen LogP contribution in [-0.2, 0) is 20.4 Å². The molecule has 0 fully saturated rings. The second-order valence-corrected chi connectivity index (χ2v) is 8.37. The predicted octanol–water partition coefficient (Wildman–Crippen LogP) is 6.01. The summed E-state index contributed by atoms with van der Waals surface area (Å²) in [7, 11) is 0. The first-order valence-corrected chi connectivity index (χ1v) is 8.69. The summed E-state index contributed by atoms with van der Waals surface area (Å²) < 4.78 is 5.91. The molecule has 0 saturated carbocycles. The highest BCUT2D eigenvalue weighted by Crippen LogP contribution is 2.38. The van der Waals surface area contributed by atoms with Crippen LogP contribution in [0.15, 0.2) is 46.4 Å². The van der Waals surface area contributed by atoms with Crippen LogP contribution < -0.4 is 4.74 Å². The van der Waals surface area contributed by atoms with Gasteiger partial charge in [0.25, 0.3) is 0 Å². The standard InChI is InChI=1S/C22H24N2O3/c1-21(2,3)17-9-7-15(11-19(17)23-13-25)27-16-8-10-18(22(4,5)6)20(12-16)24-14-26/h7-12H,1-6H3. The maximum atomic E-state index is 10.8. The van der Waals surface area contributed by atoms with E-state index in [2.05, 4.69) is 9.98 Å². The summed E-state index contributed by atoms with van der Waals surface area (Å²) in [6.45, 7) is 12.3. The molecule has 2 aromatic carbocycles. The molecular weight excluding hydrogens is 340 g/mol. The van der Waals surface area contributed by atoms with Crippen molar-refractivity contribution in [3.05, 3.63) is 47.5 Å². The van der Waals surface area contributed by atoms with E-state index in [1.165, 1.54) is 0 Å². The minimum Gasteiger partial charge on any atom is -0.457 e. The fourth-order valence-electron chi connectivity index (χ4n) is 2.84. The van der Waals surface area contributed by atoms with Gasteiger partial charge in [-0.2, -0.15) is 9.98 Å². The topological polar surface area (TPSA) is 68.1 Å². The van der Waals surface area contributed by atoms with E-state index < -0.39 is 0 Å². The first-order valence-electron chi connectivity index (χ1n) is 8.69. The molecule has 0 heterocycles. The summed E-state index contributed by atoms with van der Waals surface area (Å²) in [4.78, 5) is 29.2. The zero-order valence-electron chi connectivity index (χ0n) is 16.6. The van der Waals surface area contributed by atoms with E-state index in [0.717, 1.165) is 11.1 Å². The lowest BCUT2D eigenvalue weighted by Gasteiger charge is -2.22. The normalized spacial score (nSPS) is 11.3. The third-order valence-electron chi connectivity index (χ3n) is 4.12. The van der Waals surface area contributed by atoms with Gasteiger partial charge in [-0.25, -0.2) is 9.59 Å². The number of isocyanates is 2. The van der Waals surface area contributed by atoms with Crippen LogP contribution in [0.3, 0.4) is 0 Å². The Bertz CT molecular complexity index is 860. The molecule has 0 bridgehead atoms. The van der Waals surface area contributed by atoms with Gasteiger partial charge in [-0.05, 0) is 34.1 Å². The molecule has 0 aliphatic heterocycles. The Kier molecular flexibility index (Phi) is 5.80. The van der Waals surface area contributed by atoms with Crippen molar-refractivity contribution in [3.8, 4) is 11.5 Å². The smallest absolute Gasteiger partial charge is 0.240 e. The lowest BCUT2D eigenvalue weighted by molar-refractivity contribution is 0.480. The quantitative estimate of drug-likeness (QED) is 0.493. The molecule has 5 nitrogen and oxygen atoms in total. The summed E-state index contributed by atoms with van der Waals surface area (Å²) in [5, 5.41) is 0. The Hall–Kier alpha value is -3.00. The highest BCUT2D eigenvalue weighted by atomic mass is 16.5. The number of benzene rings is 2. The molecule has 0 aromatic heterocycles. The molecule has 2 rings (SSSR count). The molecular formula is C22H24N2O3. The Balaban J connectivity index is 2.45. The predicted molar refractivity (Wildman–Crippen MR) is 106 cm³/mol. The van der Waals surface area contributed by atoms with Crippen molar-refractivity contribution in [3.63, 3.8) is 0 Å². The molecule has 27 heavy (non-hydrogen) atoms. The van der Waals surface area contributed by atoms with Crippen LogP contribution in [0.25, 0.3) is 0 Å². The molecule has 0 aliphatic carbocycles. The molecule has 0 unspecified atom stereocenters. The average molecular weight is 364 g/mol. The maximum Gasteiger partial charge on any atom is 0.240 e. The van der Waals surface area contributed by atoms with Gasteiger partial charge in [0, 0.05) is 12.1 Å². The van der Waals surface area contributed by atoms with Crippen LogP contribution >= 0.6 is 0 Å². The molecule has 0 aliphatic rings. The Morgan fingerprint density at radius 3 is 1.37 bits per heavy atom. The highest BCUT2D eigenvalue weighted by molar-refractivity contribution is 5.61. The van der Waals surface area contributed by atoms with Gasteiger partial charge in [0.05, 0.1) is 11.4 Å². The van der Waals surface area contributed by atoms with Gasteiger partial charge >= 0.3 is 0 Å². The van der Waals surface area contributed by atoms with Crippen molar-refractivity contribution in [2.75, 3.05) is 0 Å². The number of ether oxygens (including phenoxy) is 1. The third-order valence-corrected chi connectivity index (χ3v) is 4.12. The number of nitrogens with zero attached hydrogens (tertiary/aromatic N) is 2. The van der Waals surface area contributed by atoms with Crippen molar-refractivity contribution in [1.29, 1.82) is 0 Å². The zero-order chi connectivity index (χ0) is 20.2. The van der Waals surface area contributed by atoms with Gasteiger partial charge in [0.1, 0.15) is 11.5 Å². The third kappa shape index (κ3) is 5.01. The monoisotopic (exact) mass is 364 g/mol. The molecule has 0 amide bonds. The largest absolute Gasteiger partial charge is 0.457 e. The van der Waals surface area contributed by atoms with Crippen LogP contribution in [0, 0.1) is 0 Å². The molecule has 5 heteroatoms. The second-order valence-electron chi connectivity index (χ2n) is 8.37. The first kappa shape index (κ1) is 20.3. The Labute approximate surface area is 159 Å². The fraction of sp³-hybridized carbons (Fsp3) is 0.364. The highest BCUT2D eigenvalue weighted by Gasteiger charge is 2.20. The summed E-state index contributed by atoms with van der Waals surface area (Å²) in [6.07, 6.45) is 3.20. The van der Waals surface area contributed by atoms with Crippen molar-refractivity contribution >= 4 is 23.5 Å². The summed E-state index contributed by atoms with van der Waals surface area (Å²) in [6, 6.07) is 10.8. The van der Waals surface area contributed by atoms with Crippen LogP contribution in [-0.4, -0.2) is 12.2 Å². The van der Waals surface area contributed by atoms with Crippen LogP contribution in [0.1, 0.15) is 52.7 Å². The van der Waals surface area contributed by atoms with Gasteiger partial charge in [-0.3, -0.25) is 0 Å². The van der Waals surface area contributed by atoms with Crippen LogP contribution in [0.2, 0.25) is 0 Å². The first-order chi connectivity index (χ1) is 12.6. The van der Waals surface area contributed by atoms with Crippen molar-refractivity contribution < 1.29 is 14.3 Å². The summed E-state index contributed by atoms with van der Waals surface area (Å²) in [5.74, 6) is 1.06. The number of rotatable bonds is 4. The van der Waals surface area contributed by atoms with E-state index >= 15 is 0 Å². The Morgan fingerprint density at radius 1 is 0.704 bits per heavy atom. The number of carbonyl (C=O) groups excluding carboxylic acids is 2. The van der Waals surface area contributed by atoms with E-state index in [-0.39, 0.29) is 10.8 Å². The number of hydrogen-bond acceptors (Lipinski definition) is 5. The summed E-state index contributed by atoms with van der Waals surface area (Å²) in [5.41, 5.74) is 2.54. The van der Waals surface area contributed by atoms with E-state index in [9.17, 15) is 9.59 Å². The fourth-order valence-corrected chi connectivity index (χ4v) is 2.84. The number of hydrogen-bond donors (Lipinski definition) is 0. The Morgan fingerprint density at radius 2 is 1.07 bits per heavy atom. The lowest BCUT2D eigenvalue weighted by atomic mass is 9.85. The van der Waals surface area contributed by atoms with Crippen LogP contribution in [0.4, 0.5) is 11.4 Å². The molecule has 0 atom stereocenters.